The summed E-state index contributed by atoms with van der Waals surface area (Å²) in [5, 5.41) is 0. The first kappa shape index (κ1) is 7.54. The molecule has 0 spiro atoms. The largest absolute Gasteiger partial charge is 0.306 e. The van der Waals surface area contributed by atoms with Gasteiger partial charge in [0.05, 0.1) is 18.2 Å². The number of imidazole rings is 1. The van der Waals surface area contributed by atoms with Crippen LogP contribution < -0.4 is 0 Å². The van der Waals surface area contributed by atoms with E-state index in [2.05, 4.69) is 18.1 Å². The predicted molar refractivity (Wildman–Crippen MR) is 47.8 cm³/mol. The molecule has 0 N–H and O–H groups in total. The van der Waals surface area contributed by atoms with Crippen LogP contribution in [0.1, 0.15) is 5.69 Å². The van der Waals surface area contributed by atoms with Gasteiger partial charge >= 0.3 is 0 Å². The van der Waals surface area contributed by atoms with Gasteiger partial charge in [0.2, 0.25) is 0 Å². The molecule has 0 fully saturated rings. The third-order valence-electron chi connectivity index (χ3n) is 1.29. The van der Waals surface area contributed by atoms with Crippen molar-refractivity contribution in [2.75, 3.05) is 0 Å². The predicted octanol–water partition coefficient (Wildman–Crippen LogP) is 2.18. The fourth-order valence-electron chi connectivity index (χ4n) is 0.751. The number of aromatic nitrogens is 2. The van der Waals surface area contributed by atoms with E-state index in [0.29, 0.717) is 0 Å². The smallest absolute Gasteiger partial charge is 0.0991 e. The minimum Gasteiger partial charge on any atom is -0.306 e. The van der Waals surface area contributed by atoms with Crippen LogP contribution in [0.15, 0.2) is 37.8 Å². The zero-order chi connectivity index (χ0) is 8.10. The van der Waals surface area contributed by atoms with Gasteiger partial charge in [-0.1, -0.05) is 19.2 Å². The Bertz CT molecular complexity index is 282. The molecule has 2 heteroatoms. The van der Waals surface area contributed by atoms with Gasteiger partial charge in [-0.05, 0) is 12.2 Å². The van der Waals surface area contributed by atoms with E-state index < -0.39 is 0 Å². The highest BCUT2D eigenvalue weighted by molar-refractivity contribution is 5.45. The van der Waals surface area contributed by atoms with Crippen molar-refractivity contribution in [2.45, 2.75) is 0 Å². The molecule has 0 aliphatic heterocycles. The molecule has 0 aliphatic carbocycles. The maximum Gasteiger partial charge on any atom is 0.0991 e. The fourth-order valence-corrected chi connectivity index (χ4v) is 0.751. The van der Waals surface area contributed by atoms with Crippen LogP contribution in [0.4, 0.5) is 0 Å². The highest BCUT2D eigenvalue weighted by atomic mass is 15.0. The van der Waals surface area contributed by atoms with Gasteiger partial charge in [0.25, 0.3) is 0 Å². The van der Waals surface area contributed by atoms with E-state index in [-0.39, 0.29) is 0 Å². The molecule has 56 valence electrons. The van der Waals surface area contributed by atoms with Crippen molar-refractivity contribution < 1.29 is 0 Å². The lowest BCUT2D eigenvalue weighted by atomic mass is 10.4. The lowest BCUT2D eigenvalue weighted by Gasteiger charge is -1.93. The van der Waals surface area contributed by atoms with E-state index in [1.807, 2.05) is 16.8 Å². The Morgan fingerprint density at radius 1 is 1.45 bits per heavy atom. The number of allylic oxidation sites excluding steroid dienone is 2. The highest BCUT2D eigenvalue weighted by Crippen LogP contribution is 2.00. The van der Waals surface area contributed by atoms with Crippen LogP contribution in [-0.2, 0) is 0 Å². The Kier molecular flexibility index (Phi) is 2.44. The Hall–Kier alpha value is -1.57. The summed E-state index contributed by atoms with van der Waals surface area (Å²) < 4.78 is 1.87. The first-order valence-corrected chi connectivity index (χ1v) is 3.32. The van der Waals surface area contributed by atoms with E-state index in [1.165, 1.54) is 0 Å². The van der Waals surface area contributed by atoms with Crippen LogP contribution in [0.2, 0.25) is 0 Å². The van der Waals surface area contributed by atoms with Gasteiger partial charge in [-0.2, -0.15) is 0 Å². The molecule has 0 amide bonds. The Morgan fingerprint density at radius 3 is 2.91 bits per heavy atom. The number of hydrogen-bond donors (Lipinski definition) is 0. The minimum absolute atomic E-state index is 0.975. The molecule has 0 aromatic carbocycles. The Balaban J connectivity index is 2.92. The molecule has 0 bridgehead atoms. The van der Waals surface area contributed by atoms with E-state index in [4.69, 9.17) is 0 Å². The lowest BCUT2D eigenvalue weighted by Crippen LogP contribution is -1.84. The molecule has 11 heavy (non-hydrogen) atoms. The second kappa shape index (κ2) is 3.56. The van der Waals surface area contributed by atoms with E-state index in [9.17, 15) is 0 Å². The quantitative estimate of drug-likeness (QED) is 0.597. The minimum atomic E-state index is 0.975. The average molecular weight is 146 g/mol. The van der Waals surface area contributed by atoms with Crippen LogP contribution in [-0.4, -0.2) is 9.55 Å². The normalized spacial score (nSPS) is 10.2. The summed E-state index contributed by atoms with van der Waals surface area (Å²) in [5.74, 6) is 0. The lowest BCUT2D eigenvalue weighted by molar-refractivity contribution is 1.12. The summed E-state index contributed by atoms with van der Waals surface area (Å²) in [4.78, 5) is 3.95. The zero-order valence-corrected chi connectivity index (χ0v) is 6.27. The van der Waals surface area contributed by atoms with Crippen LogP contribution in [0, 0.1) is 0 Å². The molecule has 0 atom stereocenters. The van der Waals surface area contributed by atoms with Gasteiger partial charge in [0, 0.05) is 6.20 Å². The summed E-state index contributed by atoms with van der Waals surface area (Å²) in [6.45, 7) is 7.22. The zero-order valence-electron chi connectivity index (χ0n) is 6.27. The second-order valence-electron chi connectivity index (χ2n) is 2.01. The number of nitrogens with zero attached hydrogens (tertiary/aromatic N) is 2. The fraction of sp³-hybridized carbons (Fsp3) is 0. The molecule has 1 rings (SSSR count). The summed E-state index contributed by atoms with van der Waals surface area (Å²) in [5.41, 5.74) is 0.975. The molecule has 0 aliphatic rings. The van der Waals surface area contributed by atoms with Crippen LogP contribution in [0.3, 0.4) is 0 Å². The van der Waals surface area contributed by atoms with Crippen molar-refractivity contribution >= 4 is 12.3 Å². The molecule has 0 saturated carbocycles. The molecule has 2 nitrogen and oxygen atoms in total. The third kappa shape index (κ3) is 1.67. The topological polar surface area (TPSA) is 17.8 Å². The second-order valence-corrected chi connectivity index (χ2v) is 2.01. The molecule has 1 heterocycles. The van der Waals surface area contributed by atoms with Crippen LogP contribution in [0.25, 0.3) is 12.3 Å². The maximum absolute atomic E-state index is 3.95. The van der Waals surface area contributed by atoms with Gasteiger partial charge in [-0.3, -0.25) is 0 Å². The van der Waals surface area contributed by atoms with E-state index >= 15 is 0 Å². The number of hydrogen-bond acceptors (Lipinski definition) is 1. The van der Waals surface area contributed by atoms with Gasteiger partial charge in [-0.25, -0.2) is 4.98 Å². The molecule has 0 unspecified atom stereocenters. The van der Waals surface area contributed by atoms with Crippen molar-refractivity contribution in [3.63, 3.8) is 0 Å². The van der Waals surface area contributed by atoms with Gasteiger partial charge < -0.3 is 4.57 Å². The van der Waals surface area contributed by atoms with Gasteiger partial charge in [0.1, 0.15) is 0 Å². The number of rotatable bonds is 3. The monoisotopic (exact) mass is 146 g/mol. The van der Waals surface area contributed by atoms with Gasteiger partial charge in [0.15, 0.2) is 0 Å². The average Bonchev–Trinajstić information content (AvgIpc) is 2.47. The highest BCUT2D eigenvalue weighted by Gasteiger charge is 1.90. The van der Waals surface area contributed by atoms with Crippen molar-refractivity contribution in [1.29, 1.82) is 0 Å². The SMILES string of the molecule is C=C/C=C\n1cncc1C=C. The summed E-state index contributed by atoms with van der Waals surface area (Å²) in [7, 11) is 0. The van der Waals surface area contributed by atoms with E-state index in [0.717, 1.165) is 5.69 Å². The van der Waals surface area contributed by atoms with E-state index in [1.54, 1.807) is 24.7 Å². The molecule has 1 aromatic heterocycles. The van der Waals surface area contributed by atoms with Gasteiger partial charge in [-0.15, -0.1) is 0 Å². The summed E-state index contributed by atoms with van der Waals surface area (Å²) >= 11 is 0. The van der Waals surface area contributed by atoms with Crippen molar-refractivity contribution in [2.24, 2.45) is 0 Å². The molecule has 0 radical (unpaired) electrons. The third-order valence-corrected chi connectivity index (χ3v) is 1.29. The van der Waals surface area contributed by atoms with Crippen LogP contribution >= 0.6 is 0 Å². The molecular formula is C9H10N2. The maximum atomic E-state index is 3.95. The first-order valence-electron chi connectivity index (χ1n) is 3.32. The van der Waals surface area contributed by atoms with Crippen molar-refractivity contribution in [1.82, 2.24) is 9.55 Å². The Labute approximate surface area is 66.2 Å². The van der Waals surface area contributed by atoms with Crippen molar-refractivity contribution in [3.05, 3.63) is 43.5 Å². The first-order chi connectivity index (χ1) is 5.38. The molecular weight excluding hydrogens is 136 g/mol. The van der Waals surface area contributed by atoms with Crippen molar-refractivity contribution in [3.8, 4) is 0 Å². The molecule has 0 saturated heterocycles. The summed E-state index contributed by atoms with van der Waals surface area (Å²) in [6, 6.07) is 0. The standard InChI is InChI=1S/C9H10N2/c1-3-5-6-11-8-10-7-9(11)4-2/h3-8H,1-2H2/b6-5-. The Morgan fingerprint density at radius 2 is 2.27 bits per heavy atom. The van der Waals surface area contributed by atoms with Crippen LogP contribution in [0.5, 0.6) is 0 Å². The summed E-state index contributed by atoms with van der Waals surface area (Å²) in [6.07, 6.45) is 10.6. The molecule has 1 aromatic rings.